The Bertz CT molecular complexity index is 477. The summed E-state index contributed by atoms with van der Waals surface area (Å²) in [5.74, 6) is -1.80. The number of hydrogen-bond acceptors (Lipinski definition) is 3. The summed E-state index contributed by atoms with van der Waals surface area (Å²) in [6, 6.07) is 3.14. The van der Waals surface area contributed by atoms with Crippen molar-refractivity contribution in [2.24, 2.45) is 0 Å². The molecule has 6 heteroatoms. The molecule has 0 aliphatic heterocycles. The monoisotopic (exact) mass is 268 g/mol. The molecule has 0 saturated carbocycles. The van der Waals surface area contributed by atoms with Gasteiger partial charge in [-0.25, -0.2) is 4.39 Å². The molecule has 1 aromatic carbocycles. The molecular formula is C13H17FN2O3. The number of amides is 2. The average molecular weight is 268 g/mol. The summed E-state index contributed by atoms with van der Waals surface area (Å²) in [5, 5.41) is 12.0. The predicted molar refractivity (Wildman–Crippen MR) is 68.3 cm³/mol. The fourth-order valence-electron chi connectivity index (χ4n) is 1.62. The van der Waals surface area contributed by atoms with E-state index < -0.39 is 11.7 Å². The number of nitrogens with one attached hydrogen (secondary N) is 1. The second-order valence-electron chi connectivity index (χ2n) is 4.06. The third kappa shape index (κ3) is 3.94. The van der Waals surface area contributed by atoms with Gasteiger partial charge >= 0.3 is 0 Å². The van der Waals surface area contributed by atoms with Crippen LogP contribution in [0.1, 0.15) is 23.7 Å². The van der Waals surface area contributed by atoms with Crippen LogP contribution in [0.2, 0.25) is 0 Å². The molecule has 0 aliphatic carbocycles. The minimum absolute atomic E-state index is 0.126. The molecule has 0 heterocycles. The second-order valence-corrected chi connectivity index (χ2v) is 4.06. The number of likely N-dealkylation sites (N-methyl/N-ethyl adjacent to an activating group) is 1. The Labute approximate surface area is 111 Å². The lowest BCUT2D eigenvalue weighted by Gasteiger charge is -2.21. The van der Waals surface area contributed by atoms with E-state index in [4.69, 9.17) is 0 Å². The van der Waals surface area contributed by atoms with Crippen LogP contribution in [0.5, 0.6) is 5.75 Å². The van der Waals surface area contributed by atoms with Crippen LogP contribution in [0.15, 0.2) is 18.2 Å². The molecule has 1 aromatic rings. The summed E-state index contributed by atoms with van der Waals surface area (Å²) in [6.07, 6.45) is 0.652. The molecule has 0 atom stereocenters. The van der Waals surface area contributed by atoms with Crippen LogP contribution in [-0.4, -0.2) is 42.0 Å². The number of phenolic OH excluding ortho intramolecular Hbond substituents is 1. The number of carbonyl (C=O) groups excluding carboxylic acids is 2. The van der Waals surface area contributed by atoms with Gasteiger partial charge in [0.05, 0.1) is 12.1 Å². The molecule has 5 nitrogen and oxygen atoms in total. The Morgan fingerprint density at radius 3 is 2.68 bits per heavy atom. The maximum Gasteiger partial charge on any atom is 0.258 e. The minimum Gasteiger partial charge on any atom is -0.507 e. The molecule has 104 valence electrons. The van der Waals surface area contributed by atoms with Gasteiger partial charge in [-0.2, -0.15) is 0 Å². The Kier molecular flexibility index (Phi) is 5.29. The molecule has 19 heavy (non-hydrogen) atoms. The van der Waals surface area contributed by atoms with Crippen molar-refractivity contribution in [3.63, 3.8) is 0 Å². The van der Waals surface area contributed by atoms with Gasteiger partial charge in [0.1, 0.15) is 11.6 Å². The molecule has 0 unspecified atom stereocenters. The van der Waals surface area contributed by atoms with Crippen LogP contribution in [0, 0.1) is 5.82 Å². The molecule has 2 amide bonds. The summed E-state index contributed by atoms with van der Waals surface area (Å²) in [5.41, 5.74) is -0.141. The zero-order valence-electron chi connectivity index (χ0n) is 10.9. The number of nitrogens with zero attached hydrogens (tertiary/aromatic N) is 1. The van der Waals surface area contributed by atoms with E-state index in [0.717, 1.165) is 18.2 Å². The number of aromatic hydroxyl groups is 1. The van der Waals surface area contributed by atoms with E-state index >= 15 is 0 Å². The van der Waals surface area contributed by atoms with Crippen LogP contribution in [-0.2, 0) is 4.79 Å². The summed E-state index contributed by atoms with van der Waals surface area (Å²) < 4.78 is 13.1. The van der Waals surface area contributed by atoms with Crippen molar-refractivity contribution in [3.8, 4) is 5.75 Å². The van der Waals surface area contributed by atoms with Gasteiger partial charge in [-0.3, -0.25) is 9.59 Å². The van der Waals surface area contributed by atoms with Crippen molar-refractivity contribution in [2.45, 2.75) is 13.3 Å². The number of hydrogen-bond donors (Lipinski definition) is 2. The molecule has 0 fully saturated rings. The van der Waals surface area contributed by atoms with Crippen LogP contribution < -0.4 is 5.32 Å². The first-order chi connectivity index (χ1) is 8.99. The number of phenols is 1. The van der Waals surface area contributed by atoms with Gasteiger partial charge in [0, 0.05) is 13.6 Å². The SMILES string of the molecule is CCCN(CC(=O)NC)C(=O)c1cc(F)ccc1O. The van der Waals surface area contributed by atoms with Crippen molar-refractivity contribution in [1.29, 1.82) is 0 Å². The van der Waals surface area contributed by atoms with Gasteiger partial charge in [0.15, 0.2) is 0 Å². The molecule has 0 bridgehead atoms. The Morgan fingerprint density at radius 1 is 1.42 bits per heavy atom. The van der Waals surface area contributed by atoms with E-state index in [2.05, 4.69) is 5.32 Å². The highest BCUT2D eigenvalue weighted by Crippen LogP contribution is 2.19. The normalized spacial score (nSPS) is 10.1. The molecule has 1 rings (SSSR count). The zero-order valence-corrected chi connectivity index (χ0v) is 10.9. The number of benzene rings is 1. The third-order valence-electron chi connectivity index (χ3n) is 2.58. The van der Waals surface area contributed by atoms with Gasteiger partial charge in [-0.05, 0) is 24.6 Å². The first-order valence-corrected chi connectivity index (χ1v) is 5.98. The van der Waals surface area contributed by atoms with Gasteiger partial charge in [-0.15, -0.1) is 0 Å². The van der Waals surface area contributed by atoms with Crippen molar-refractivity contribution in [2.75, 3.05) is 20.1 Å². The van der Waals surface area contributed by atoms with E-state index in [1.807, 2.05) is 6.92 Å². The van der Waals surface area contributed by atoms with E-state index in [-0.39, 0.29) is 23.8 Å². The quantitative estimate of drug-likeness (QED) is 0.841. The van der Waals surface area contributed by atoms with Crippen LogP contribution in [0.4, 0.5) is 4.39 Å². The largest absolute Gasteiger partial charge is 0.507 e. The molecule has 0 aliphatic rings. The van der Waals surface area contributed by atoms with Gasteiger partial charge < -0.3 is 15.3 Å². The van der Waals surface area contributed by atoms with Crippen LogP contribution in [0.3, 0.4) is 0 Å². The lowest BCUT2D eigenvalue weighted by molar-refractivity contribution is -0.121. The first kappa shape index (κ1) is 14.9. The van der Waals surface area contributed by atoms with E-state index in [1.54, 1.807) is 0 Å². The summed E-state index contributed by atoms with van der Waals surface area (Å²) >= 11 is 0. The van der Waals surface area contributed by atoms with Crippen molar-refractivity contribution >= 4 is 11.8 Å². The Morgan fingerprint density at radius 2 is 2.11 bits per heavy atom. The fraction of sp³-hybridized carbons (Fsp3) is 0.385. The van der Waals surface area contributed by atoms with Crippen molar-refractivity contribution in [3.05, 3.63) is 29.6 Å². The Balaban J connectivity index is 2.98. The molecule has 0 radical (unpaired) electrons. The standard InChI is InChI=1S/C13H17FN2O3/c1-3-6-16(8-12(18)15-2)13(19)10-7-9(14)4-5-11(10)17/h4-5,7,17H,3,6,8H2,1-2H3,(H,15,18). The lowest BCUT2D eigenvalue weighted by atomic mass is 10.1. The number of halogens is 1. The van der Waals surface area contributed by atoms with Gasteiger partial charge in [-0.1, -0.05) is 6.92 Å². The maximum atomic E-state index is 13.1. The second kappa shape index (κ2) is 6.72. The van der Waals surface area contributed by atoms with Crippen molar-refractivity contribution < 1.29 is 19.1 Å². The van der Waals surface area contributed by atoms with E-state index in [1.165, 1.54) is 11.9 Å². The topological polar surface area (TPSA) is 69.6 Å². The molecule has 2 N–H and O–H groups in total. The summed E-state index contributed by atoms with van der Waals surface area (Å²) in [4.78, 5) is 24.8. The number of rotatable bonds is 5. The highest BCUT2D eigenvalue weighted by atomic mass is 19.1. The maximum absolute atomic E-state index is 13.1. The third-order valence-corrected chi connectivity index (χ3v) is 2.58. The molecule has 0 spiro atoms. The number of carbonyl (C=O) groups is 2. The minimum atomic E-state index is -0.613. The van der Waals surface area contributed by atoms with E-state index in [9.17, 15) is 19.1 Å². The smallest absolute Gasteiger partial charge is 0.258 e. The lowest BCUT2D eigenvalue weighted by Crippen LogP contribution is -2.40. The predicted octanol–water partition coefficient (Wildman–Crippen LogP) is 1.13. The summed E-state index contributed by atoms with van der Waals surface area (Å²) in [7, 11) is 1.47. The highest BCUT2D eigenvalue weighted by Gasteiger charge is 2.20. The average Bonchev–Trinajstić information content (AvgIpc) is 2.40. The molecule has 0 aromatic heterocycles. The van der Waals surface area contributed by atoms with Crippen molar-refractivity contribution in [1.82, 2.24) is 10.2 Å². The van der Waals surface area contributed by atoms with E-state index in [0.29, 0.717) is 13.0 Å². The van der Waals surface area contributed by atoms with Crippen LogP contribution in [0.25, 0.3) is 0 Å². The van der Waals surface area contributed by atoms with Crippen LogP contribution >= 0.6 is 0 Å². The van der Waals surface area contributed by atoms with Gasteiger partial charge in [0.25, 0.3) is 5.91 Å². The van der Waals surface area contributed by atoms with Gasteiger partial charge in [0.2, 0.25) is 5.91 Å². The first-order valence-electron chi connectivity index (χ1n) is 5.98. The summed E-state index contributed by atoms with van der Waals surface area (Å²) in [6.45, 7) is 2.08. The zero-order chi connectivity index (χ0) is 14.4. The molecular weight excluding hydrogens is 251 g/mol. The highest BCUT2D eigenvalue weighted by molar-refractivity contribution is 5.98. The Hall–Kier alpha value is -2.11. The fourth-order valence-corrected chi connectivity index (χ4v) is 1.62. The molecule has 0 saturated heterocycles.